The zero-order valence-electron chi connectivity index (χ0n) is 9.49. The number of hydrogen-bond acceptors (Lipinski definition) is 3. The Labute approximate surface area is 106 Å². The summed E-state index contributed by atoms with van der Waals surface area (Å²) in [4.78, 5) is 13.4. The van der Waals surface area contributed by atoms with E-state index in [0.29, 0.717) is 0 Å². The van der Waals surface area contributed by atoms with E-state index in [1.807, 2.05) is 24.3 Å². The van der Waals surface area contributed by atoms with E-state index in [0.717, 1.165) is 37.7 Å². The summed E-state index contributed by atoms with van der Waals surface area (Å²) in [5.41, 5.74) is 1.88. The zero-order valence-corrected chi connectivity index (χ0v) is 10.2. The number of anilines is 2. The number of carbonyl (C=O) groups is 1. The van der Waals surface area contributed by atoms with Crippen LogP contribution in [0.25, 0.3) is 0 Å². The molecule has 0 atom stereocenters. The van der Waals surface area contributed by atoms with E-state index < -0.39 is 0 Å². The van der Waals surface area contributed by atoms with Gasteiger partial charge in [-0.2, -0.15) is 0 Å². The lowest BCUT2D eigenvalue weighted by atomic mass is 10.2. The van der Waals surface area contributed by atoms with E-state index >= 15 is 0 Å². The summed E-state index contributed by atoms with van der Waals surface area (Å²) in [6.07, 6.45) is 0. The normalized spacial score (nSPS) is 15.7. The first-order valence-electron chi connectivity index (χ1n) is 5.58. The molecule has 1 fully saturated rings. The summed E-state index contributed by atoms with van der Waals surface area (Å²) in [5.74, 6) is -0.215. The van der Waals surface area contributed by atoms with Gasteiger partial charge in [0.2, 0.25) is 5.91 Å². The standard InChI is InChI=1S/C12H15ClN2O2/c13-9-12(16)14-10-2-1-3-11(8-10)15-4-6-17-7-5-15/h1-3,8H,4-7,9H2,(H,14,16). The van der Waals surface area contributed by atoms with E-state index in [1.165, 1.54) is 0 Å². The van der Waals surface area contributed by atoms with Crippen LogP contribution in [0, 0.1) is 0 Å². The molecule has 1 heterocycles. The van der Waals surface area contributed by atoms with Crippen LogP contribution in [-0.4, -0.2) is 38.1 Å². The second-order valence-corrected chi connectivity index (χ2v) is 4.10. The number of morpholine rings is 1. The average Bonchev–Trinajstić information content (AvgIpc) is 2.40. The van der Waals surface area contributed by atoms with Crippen LogP contribution in [0.5, 0.6) is 0 Å². The minimum Gasteiger partial charge on any atom is -0.378 e. The molecule has 1 amide bonds. The number of rotatable bonds is 3. The topological polar surface area (TPSA) is 41.6 Å². The number of halogens is 1. The molecule has 17 heavy (non-hydrogen) atoms. The third kappa shape index (κ3) is 3.35. The van der Waals surface area contributed by atoms with Crippen molar-refractivity contribution in [1.82, 2.24) is 0 Å². The van der Waals surface area contributed by atoms with Crippen LogP contribution < -0.4 is 10.2 Å². The molecule has 1 N–H and O–H groups in total. The summed E-state index contributed by atoms with van der Waals surface area (Å²) in [7, 11) is 0. The minimum atomic E-state index is -0.189. The Morgan fingerprint density at radius 1 is 1.41 bits per heavy atom. The molecule has 0 aromatic heterocycles. The summed E-state index contributed by atoms with van der Waals surface area (Å²) in [6.45, 7) is 3.26. The van der Waals surface area contributed by atoms with E-state index in [9.17, 15) is 4.79 Å². The molecule has 0 spiro atoms. The maximum atomic E-state index is 11.2. The zero-order chi connectivity index (χ0) is 12.1. The third-order valence-corrected chi connectivity index (χ3v) is 2.87. The van der Waals surface area contributed by atoms with Crippen molar-refractivity contribution in [1.29, 1.82) is 0 Å². The number of amides is 1. The molecule has 5 heteroatoms. The molecule has 4 nitrogen and oxygen atoms in total. The van der Waals surface area contributed by atoms with Gasteiger partial charge in [0, 0.05) is 24.5 Å². The molecule has 1 aliphatic heterocycles. The Kier molecular flexibility index (Phi) is 4.23. The maximum Gasteiger partial charge on any atom is 0.239 e. The van der Waals surface area contributed by atoms with Crippen LogP contribution in [0.4, 0.5) is 11.4 Å². The monoisotopic (exact) mass is 254 g/mol. The van der Waals surface area contributed by atoms with Crippen LogP contribution in [0.15, 0.2) is 24.3 Å². The van der Waals surface area contributed by atoms with Crippen molar-refractivity contribution in [3.8, 4) is 0 Å². The van der Waals surface area contributed by atoms with Gasteiger partial charge in [0.25, 0.3) is 0 Å². The molecule has 0 aliphatic carbocycles. The lowest BCUT2D eigenvalue weighted by Crippen LogP contribution is -2.36. The highest BCUT2D eigenvalue weighted by Gasteiger charge is 2.11. The van der Waals surface area contributed by atoms with Crippen molar-refractivity contribution < 1.29 is 9.53 Å². The van der Waals surface area contributed by atoms with Gasteiger partial charge in [-0.15, -0.1) is 11.6 Å². The maximum absolute atomic E-state index is 11.2. The molecule has 1 aromatic carbocycles. The largest absolute Gasteiger partial charge is 0.378 e. The van der Waals surface area contributed by atoms with Crippen molar-refractivity contribution in [3.63, 3.8) is 0 Å². The van der Waals surface area contributed by atoms with Gasteiger partial charge in [-0.25, -0.2) is 0 Å². The molecule has 1 aliphatic rings. The van der Waals surface area contributed by atoms with E-state index in [4.69, 9.17) is 16.3 Å². The smallest absolute Gasteiger partial charge is 0.239 e. The fourth-order valence-electron chi connectivity index (χ4n) is 1.80. The highest BCUT2D eigenvalue weighted by atomic mass is 35.5. The lowest BCUT2D eigenvalue weighted by molar-refractivity contribution is -0.113. The number of benzene rings is 1. The predicted molar refractivity (Wildman–Crippen MR) is 68.8 cm³/mol. The van der Waals surface area contributed by atoms with Gasteiger partial charge in [0.1, 0.15) is 5.88 Å². The quantitative estimate of drug-likeness (QED) is 0.835. The van der Waals surface area contributed by atoms with Crippen molar-refractivity contribution >= 4 is 28.9 Å². The number of nitrogens with zero attached hydrogens (tertiary/aromatic N) is 1. The lowest BCUT2D eigenvalue weighted by Gasteiger charge is -2.29. The van der Waals surface area contributed by atoms with E-state index in [1.54, 1.807) is 0 Å². The van der Waals surface area contributed by atoms with Crippen LogP contribution in [0.2, 0.25) is 0 Å². The fraction of sp³-hybridized carbons (Fsp3) is 0.417. The molecule has 2 rings (SSSR count). The highest BCUT2D eigenvalue weighted by molar-refractivity contribution is 6.29. The Balaban J connectivity index is 2.07. The molecular formula is C12H15ClN2O2. The number of ether oxygens (including phenoxy) is 1. The van der Waals surface area contributed by atoms with Gasteiger partial charge in [-0.3, -0.25) is 4.79 Å². The average molecular weight is 255 g/mol. The van der Waals surface area contributed by atoms with Crippen molar-refractivity contribution in [2.45, 2.75) is 0 Å². The number of hydrogen-bond donors (Lipinski definition) is 1. The first-order chi connectivity index (χ1) is 8.29. The number of carbonyl (C=O) groups excluding carboxylic acids is 1. The number of nitrogens with one attached hydrogen (secondary N) is 1. The second-order valence-electron chi connectivity index (χ2n) is 3.83. The molecule has 1 aromatic rings. The summed E-state index contributed by atoms with van der Waals surface area (Å²) in [6, 6.07) is 7.76. The summed E-state index contributed by atoms with van der Waals surface area (Å²) < 4.78 is 5.30. The van der Waals surface area contributed by atoms with E-state index in [-0.39, 0.29) is 11.8 Å². The van der Waals surface area contributed by atoms with Crippen molar-refractivity contribution in [2.75, 3.05) is 42.4 Å². The van der Waals surface area contributed by atoms with Gasteiger partial charge in [0.05, 0.1) is 13.2 Å². The third-order valence-electron chi connectivity index (χ3n) is 2.63. The van der Waals surface area contributed by atoms with Crippen molar-refractivity contribution in [2.24, 2.45) is 0 Å². The highest BCUT2D eigenvalue weighted by Crippen LogP contribution is 2.20. The van der Waals surface area contributed by atoms with Crippen LogP contribution in [0.3, 0.4) is 0 Å². The van der Waals surface area contributed by atoms with Gasteiger partial charge in [-0.1, -0.05) is 6.07 Å². The number of alkyl halides is 1. The Bertz CT molecular complexity index is 392. The van der Waals surface area contributed by atoms with Crippen LogP contribution in [-0.2, 0) is 9.53 Å². The molecule has 0 bridgehead atoms. The fourth-order valence-corrected chi connectivity index (χ4v) is 1.86. The van der Waals surface area contributed by atoms with Gasteiger partial charge in [0.15, 0.2) is 0 Å². The second kappa shape index (κ2) is 5.89. The Morgan fingerprint density at radius 2 is 2.18 bits per heavy atom. The van der Waals surface area contributed by atoms with Gasteiger partial charge in [-0.05, 0) is 18.2 Å². The summed E-state index contributed by atoms with van der Waals surface area (Å²) in [5, 5.41) is 2.74. The van der Waals surface area contributed by atoms with Crippen LogP contribution >= 0.6 is 11.6 Å². The first kappa shape index (κ1) is 12.2. The molecule has 92 valence electrons. The minimum absolute atomic E-state index is 0.0260. The Hall–Kier alpha value is -1.26. The van der Waals surface area contributed by atoms with Gasteiger partial charge < -0.3 is 15.0 Å². The van der Waals surface area contributed by atoms with Gasteiger partial charge >= 0.3 is 0 Å². The van der Waals surface area contributed by atoms with Crippen molar-refractivity contribution in [3.05, 3.63) is 24.3 Å². The first-order valence-corrected chi connectivity index (χ1v) is 6.11. The van der Waals surface area contributed by atoms with E-state index in [2.05, 4.69) is 10.2 Å². The molecule has 0 unspecified atom stereocenters. The summed E-state index contributed by atoms with van der Waals surface area (Å²) >= 11 is 5.45. The molecule has 0 radical (unpaired) electrons. The SMILES string of the molecule is O=C(CCl)Nc1cccc(N2CCOCC2)c1. The molecular weight excluding hydrogens is 240 g/mol. The van der Waals surface area contributed by atoms with Crippen LogP contribution in [0.1, 0.15) is 0 Å². The molecule has 1 saturated heterocycles. The molecule has 0 saturated carbocycles. The Morgan fingerprint density at radius 3 is 2.88 bits per heavy atom. The predicted octanol–water partition coefficient (Wildman–Crippen LogP) is 1.70.